The average Bonchev–Trinajstić information content (AvgIpc) is 3.30. The van der Waals surface area contributed by atoms with Gasteiger partial charge in [-0.1, -0.05) is 19.1 Å². The minimum absolute atomic E-state index is 0.0192. The molecule has 32 heavy (non-hydrogen) atoms. The van der Waals surface area contributed by atoms with Crippen molar-refractivity contribution in [1.29, 1.82) is 0 Å². The van der Waals surface area contributed by atoms with E-state index in [1.165, 1.54) is 4.90 Å². The third-order valence-corrected chi connectivity index (χ3v) is 7.35. The van der Waals surface area contributed by atoms with Crippen LogP contribution in [-0.2, 0) is 19.1 Å². The fraction of sp³-hybridized carbons (Fsp3) is 0.625. The number of nitrogens with zero attached hydrogens (tertiary/aromatic N) is 1. The molecular weight excluding hydrogens is 410 g/mol. The smallest absolute Gasteiger partial charge is 0.250 e. The van der Waals surface area contributed by atoms with E-state index in [4.69, 9.17) is 4.74 Å². The molecule has 3 heterocycles. The maximum Gasteiger partial charge on any atom is 0.250 e. The van der Waals surface area contributed by atoms with E-state index in [0.717, 1.165) is 17.5 Å². The summed E-state index contributed by atoms with van der Waals surface area (Å²) < 4.78 is 6.49. The van der Waals surface area contributed by atoms with Crippen LogP contribution in [0.25, 0.3) is 0 Å². The van der Waals surface area contributed by atoms with Gasteiger partial charge in [-0.3, -0.25) is 14.4 Å². The Morgan fingerprint density at radius 1 is 1.25 bits per heavy atom. The monoisotopic (exact) mass is 443 g/mol. The molecule has 3 aliphatic rings. The van der Waals surface area contributed by atoms with Crippen LogP contribution in [0.5, 0.6) is 0 Å². The van der Waals surface area contributed by atoms with Crippen molar-refractivity contribution in [2.24, 2.45) is 11.8 Å². The van der Waals surface area contributed by atoms with Gasteiger partial charge in [0.25, 0.3) is 0 Å². The maximum absolute atomic E-state index is 13.6. The van der Waals surface area contributed by atoms with Gasteiger partial charge in [0.05, 0.1) is 24.0 Å². The summed E-state index contributed by atoms with van der Waals surface area (Å²) >= 11 is 0. The Labute approximate surface area is 188 Å². The van der Waals surface area contributed by atoms with Crippen molar-refractivity contribution < 1.29 is 24.2 Å². The van der Waals surface area contributed by atoms with Crippen LogP contribution in [-0.4, -0.2) is 64.7 Å². The lowest BCUT2D eigenvalue weighted by atomic mass is 9.66. The molecule has 0 radical (unpaired) electrons. The number of fused-ring (bicyclic) bond motifs is 1. The van der Waals surface area contributed by atoms with E-state index < -0.39 is 29.1 Å². The molecule has 3 N–H and O–H groups in total. The van der Waals surface area contributed by atoms with Crippen molar-refractivity contribution in [3.8, 4) is 0 Å². The lowest BCUT2D eigenvalue weighted by Gasteiger charge is -2.33. The number of amides is 3. The van der Waals surface area contributed by atoms with Crippen LogP contribution in [0.1, 0.15) is 44.2 Å². The number of aliphatic hydroxyl groups is 1. The summed E-state index contributed by atoms with van der Waals surface area (Å²) in [5, 5.41) is 15.5. The molecule has 0 saturated carbocycles. The Morgan fingerprint density at radius 3 is 2.69 bits per heavy atom. The Morgan fingerprint density at radius 2 is 2.00 bits per heavy atom. The Bertz CT molecular complexity index is 950. The first-order chi connectivity index (χ1) is 15.2. The normalized spacial score (nSPS) is 32.8. The number of carbonyl (C=O) groups excluding carboxylic acids is 3. The summed E-state index contributed by atoms with van der Waals surface area (Å²) in [6.07, 6.45) is 1.91. The largest absolute Gasteiger partial charge is 0.395 e. The third kappa shape index (κ3) is 3.31. The van der Waals surface area contributed by atoms with Crippen LogP contribution in [0, 0.1) is 25.7 Å². The SMILES string of the molecule is CCCNC(=O)[C@H]1[C@H]2C(=O)N(CCO)C(C(=O)Nc3cc(C)ccc3C)C23CC[C@]1(C)O3. The summed E-state index contributed by atoms with van der Waals surface area (Å²) in [6, 6.07) is 4.89. The maximum atomic E-state index is 13.6. The number of rotatable bonds is 7. The summed E-state index contributed by atoms with van der Waals surface area (Å²) in [5.74, 6) is -2.23. The molecule has 5 atom stereocenters. The fourth-order valence-corrected chi connectivity index (χ4v) is 5.91. The van der Waals surface area contributed by atoms with E-state index in [-0.39, 0.29) is 30.9 Å². The molecule has 3 fully saturated rings. The second-order valence-electron chi connectivity index (χ2n) is 9.58. The molecule has 0 aromatic heterocycles. The number of hydrogen-bond acceptors (Lipinski definition) is 5. The molecule has 3 aliphatic heterocycles. The zero-order valence-electron chi connectivity index (χ0n) is 19.2. The van der Waals surface area contributed by atoms with E-state index in [1.54, 1.807) is 0 Å². The van der Waals surface area contributed by atoms with Crippen LogP contribution in [0.15, 0.2) is 18.2 Å². The summed E-state index contributed by atoms with van der Waals surface area (Å²) in [4.78, 5) is 41.7. The minimum atomic E-state index is -1.07. The Balaban J connectivity index is 1.71. The molecule has 3 saturated heterocycles. The number of β-amino-alcohol motifs (C(OH)–C–C–N with tert-alkyl or cyclic N) is 1. The summed E-state index contributed by atoms with van der Waals surface area (Å²) in [7, 11) is 0. The van der Waals surface area contributed by atoms with Crippen molar-refractivity contribution in [3.05, 3.63) is 29.3 Å². The van der Waals surface area contributed by atoms with E-state index >= 15 is 0 Å². The third-order valence-electron chi connectivity index (χ3n) is 7.35. The Hall–Kier alpha value is -2.45. The molecular formula is C24H33N3O5. The highest BCUT2D eigenvalue weighted by Crippen LogP contribution is 2.63. The van der Waals surface area contributed by atoms with Crippen molar-refractivity contribution in [2.75, 3.05) is 25.0 Å². The molecule has 0 aliphatic carbocycles. The highest BCUT2D eigenvalue weighted by atomic mass is 16.5. The molecule has 174 valence electrons. The van der Waals surface area contributed by atoms with Crippen LogP contribution in [0.4, 0.5) is 5.69 Å². The van der Waals surface area contributed by atoms with Gasteiger partial charge in [0.2, 0.25) is 17.7 Å². The molecule has 2 bridgehead atoms. The van der Waals surface area contributed by atoms with Crippen LogP contribution >= 0.6 is 0 Å². The minimum Gasteiger partial charge on any atom is -0.395 e. The molecule has 1 aromatic rings. The zero-order chi connectivity index (χ0) is 23.3. The van der Waals surface area contributed by atoms with Crippen molar-refractivity contribution in [3.63, 3.8) is 0 Å². The number of ether oxygens (including phenoxy) is 1. The first-order valence-electron chi connectivity index (χ1n) is 11.5. The summed E-state index contributed by atoms with van der Waals surface area (Å²) in [5.41, 5.74) is 0.742. The van der Waals surface area contributed by atoms with E-state index in [9.17, 15) is 19.5 Å². The number of hydrogen-bond donors (Lipinski definition) is 3. The number of aryl methyl sites for hydroxylation is 2. The number of likely N-dealkylation sites (tertiary alicyclic amines) is 1. The van der Waals surface area contributed by atoms with Crippen LogP contribution in [0.2, 0.25) is 0 Å². The number of aliphatic hydroxyl groups excluding tert-OH is 1. The molecule has 2 unspecified atom stereocenters. The molecule has 3 amide bonds. The number of benzene rings is 1. The molecule has 4 rings (SSSR count). The Kier molecular flexibility index (Phi) is 5.79. The molecule has 8 heteroatoms. The molecule has 1 spiro atoms. The van der Waals surface area contributed by atoms with Crippen LogP contribution in [0.3, 0.4) is 0 Å². The first-order valence-corrected chi connectivity index (χ1v) is 11.5. The fourth-order valence-electron chi connectivity index (χ4n) is 5.91. The van der Waals surface area contributed by atoms with Crippen molar-refractivity contribution in [1.82, 2.24) is 10.2 Å². The van der Waals surface area contributed by atoms with Gasteiger partial charge < -0.3 is 25.4 Å². The zero-order valence-corrected chi connectivity index (χ0v) is 19.2. The summed E-state index contributed by atoms with van der Waals surface area (Å²) in [6.45, 7) is 7.97. The van der Waals surface area contributed by atoms with Gasteiger partial charge in [-0.05, 0) is 57.2 Å². The average molecular weight is 444 g/mol. The standard InChI is InChI=1S/C24H33N3O5/c1-5-10-25-20(29)17-18-22(31)27(11-12-28)19(24(18)9-8-23(17,4)32-24)21(30)26-16-13-14(2)6-7-15(16)3/h6-7,13,17-19,28H,5,8-12H2,1-4H3,(H,25,29)(H,26,30)/t17-,18+,19?,23+,24?/m1/s1. The van der Waals surface area contributed by atoms with Crippen LogP contribution < -0.4 is 10.6 Å². The topological polar surface area (TPSA) is 108 Å². The van der Waals surface area contributed by atoms with Gasteiger partial charge in [-0.15, -0.1) is 0 Å². The van der Waals surface area contributed by atoms with E-state index in [0.29, 0.717) is 25.1 Å². The van der Waals surface area contributed by atoms with Gasteiger partial charge in [0, 0.05) is 18.8 Å². The lowest BCUT2D eigenvalue weighted by Crippen LogP contribution is -2.54. The predicted octanol–water partition coefficient (Wildman–Crippen LogP) is 1.53. The second-order valence-corrected chi connectivity index (χ2v) is 9.58. The van der Waals surface area contributed by atoms with Gasteiger partial charge in [-0.2, -0.15) is 0 Å². The lowest BCUT2D eigenvalue weighted by molar-refractivity contribution is -0.145. The van der Waals surface area contributed by atoms with E-state index in [2.05, 4.69) is 10.6 Å². The second kappa shape index (κ2) is 8.15. The molecule has 1 aromatic carbocycles. The van der Waals surface area contributed by atoms with Gasteiger partial charge in [0.15, 0.2) is 0 Å². The highest BCUT2D eigenvalue weighted by molar-refractivity contribution is 6.04. The number of nitrogens with one attached hydrogen (secondary N) is 2. The highest BCUT2D eigenvalue weighted by Gasteiger charge is 2.77. The predicted molar refractivity (Wildman–Crippen MR) is 119 cm³/mol. The van der Waals surface area contributed by atoms with Gasteiger partial charge >= 0.3 is 0 Å². The number of anilines is 1. The van der Waals surface area contributed by atoms with Crippen molar-refractivity contribution >= 4 is 23.4 Å². The van der Waals surface area contributed by atoms with Crippen molar-refractivity contribution in [2.45, 2.75) is 64.2 Å². The van der Waals surface area contributed by atoms with Gasteiger partial charge in [-0.25, -0.2) is 0 Å². The molecule has 8 nitrogen and oxygen atoms in total. The first kappa shape index (κ1) is 22.7. The number of carbonyl (C=O) groups is 3. The van der Waals surface area contributed by atoms with Gasteiger partial charge in [0.1, 0.15) is 11.6 Å². The van der Waals surface area contributed by atoms with E-state index in [1.807, 2.05) is 45.9 Å². The quantitative estimate of drug-likeness (QED) is 0.592.